The van der Waals surface area contributed by atoms with Gasteiger partial charge in [0, 0.05) is 13.1 Å². The van der Waals surface area contributed by atoms with Gasteiger partial charge in [0.15, 0.2) is 11.5 Å². The van der Waals surface area contributed by atoms with E-state index in [1.54, 1.807) is 14.2 Å². The Bertz CT molecular complexity index is 451. The van der Waals surface area contributed by atoms with E-state index in [4.69, 9.17) is 14.2 Å². The number of benzene rings is 1. The van der Waals surface area contributed by atoms with Crippen LogP contribution in [0.1, 0.15) is 32.8 Å². The second-order valence-electron chi connectivity index (χ2n) is 5.96. The molecular weight excluding hydrogens is 294 g/mol. The lowest BCUT2D eigenvalue weighted by Crippen LogP contribution is -2.35. The molecule has 0 spiro atoms. The Morgan fingerprint density at radius 1 is 1.13 bits per heavy atom. The van der Waals surface area contributed by atoms with Crippen molar-refractivity contribution in [3.8, 4) is 11.5 Å². The molecule has 5 nitrogen and oxygen atoms in total. The minimum Gasteiger partial charge on any atom is -0.493 e. The van der Waals surface area contributed by atoms with Gasteiger partial charge in [0.2, 0.25) is 0 Å². The zero-order valence-electron chi connectivity index (χ0n) is 15.0. The van der Waals surface area contributed by atoms with E-state index in [0.29, 0.717) is 13.2 Å². The van der Waals surface area contributed by atoms with E-state index < -0.39 is 6.10 Å². The molecular formula is C18H31NO4. The first-order chi connectivity index (χ1) is 11.0. The second-order valence-corrected chi connectivity index (χ2v) is 5.96. The number of hydrogen-bond donors (Lipinski definition) is 1. The van der Waals surface area contributed by atoms with Crippen molar-refractivity contribution < 1.29 is 19.3 Å². The van der Waals surface area contributed by atoms with Crippen molar-refractivity contribution in [3.63, 3.8) is 0 Å². The zero-order valence-corrected chi connectivity index (χ0v) is 15.0. The van der Waals surface area contributed by atoms with Crippen LogP contribution in [0.5, 0.6) is 11.5 Å². The molecule has 1 unspecified atom stereocenters. The van der Waals surface area contributed by atoms with Gasteiger partial charge in [-0.3, -0.25) is 4.90 Å². The summed E-state index contributed by atoms with van der Waals surface area (Å²) < 4.78 is 16.1. The van der Waals surface area contributed by atoms with Crippen LogP contribution in [0.15, 0.2) is 18.2 Å². The van der Waals surface area contributed by atoms with E-state index in [1.807, 2.05) is 32.0 Å². The Kier molecular flexibility index (Phi) is 8.99. The molecule has 0 aliphatic heterocycles. The average molecular weight is 325 g/mol. The maximum absolute atomic E-state index is 10.1. The van der Waals surface area contributed by atoms with E-state index >= 15 is 0 Å². The molecule has 132 valence electrons. The molecule has 1 rings (SSSR count). The van der Waals surface area contributed by atoms with Gasteiger partial charge in [0.25, 0.3) is 0 Å². The lowest BCUT2D eigenvalue weighted by atomic mass is 10.1. The molecule has 0 aliphatic rings. The van der Waals surface area contributed by atoms with Crippen LogP contribution in [0.2, 0.25) is 0 Å². The molecule has 0 aromatic heterocycles. The molecule has 0 radical (unpaired) electrons. The smallest absolute Gasteiger partial charge is 0.161 e. The fourth-order valence-electron chi connectivity index (χ4n) is 2.44. The summed E-state index contributed by atoms with van der Waals surface area (Å²) in [5.41, 5.74) is 1.13. The van der Waals surface area contributed by atoms with Crippen molar-refractivity contribution in [1.82, 2.24) is 4.90 Å². The Morgan fingerprint density at radius 2 is 1.83 bits per heavy atom. The van der Waals surface area contributed by atoms with Crippen LogP contribution in [0, 0.1) is 0 Å². The quantitative estimate of drug-likeness (QED) is 0.678. The molecule has 1 atom stereocenters. The highest BCUT2D eigenvalue weighted by Crippen LogP contribution is 2.28. The van der Waals surface area contributed by atoms with E-state index in [9.17, 15) is 5.11 Å². The molecule has 0 saturated heterocycles. The maximum Gasteiger partial charge on any atom is 0.161 e. The van der Waals surface area contributed by atoms with Gasteiger partial charge < -0.3 is 19.3 Å². The highest BCUT2D eigenvalue weighted by atomic mass is 16.5. The van der Waals surface area contributed by atoms with Crippen molar-refractivity contribution in [2.75, 3.05) is 33.9 Å². The maximum atomic E-state index is 10.1. The van der Waals surface area contributed by atoms with Gasteiger partial charge in [-0.15, -0.1) is 0 Å². The molecule has 1 aromatic carbocycles. The van der Waals surface area contributed by atoms with Crippen LogP contribution < -0.4 is 9.47 Å². The lowest BCUT2D eigenvalue weighted by Gasteiger charge is -2.25. The zero-order chi connectivity index (χ0) is 17.2. The minimum atomic E-state index is -0.482. The summed E-state index contributed by atoms with van der Waals surface area (Å²) in [7, 11) is 3.27. The molecule has 0 saturated carbocycles. The number of aliphatic hydroxyl groups excluding tert-OH is 1. The SMILES string of the molecule is CCCN(Cc1ccc(OC)c(OC)c1)CC(O)COC(C)C. The molecule has 0 heterocycles. The van der Waals surface area contributed by atoms with Gasteiger partial charge in [-0.25, -0.2) is 0 Å². The normalized spacial score (nSPS) is 12.7. The molecule has 1 aromatic rings. The van der Waals surface area contributed by atoms with Crippen molar-refractivity contribution in [3.05, 3.63) is 23.8 Å². The third kappa shape index (κ3) is 7.20. The first-order valence-corrected chi connectivity index (χ1v) is 8.23. The van der Waals surface area contributed by atoms with Crippen molar-refractivity contribution in [1.29, 1.82) is 0 Å². The molecule has 0 bridgehead atoms. The fourth-order valence-corrected chi connectivity index (χ4v) is 2.44. The van der Waals surface area contributed by atoms with Gasteiger partial charge in [-0.1, -0.05) is 13.0 Å². The highest BCUT2D eigenvalue weighted by Gasteiger charge is 2.14. The van der Waals surface area contributed by atoms with Crippen molar-refractivity contribution in [2.45, 2.75) is 45.9 Å². The molecule has 1 N–H and O–H groups in total. The fraction of sp³-hybridized carbons (Fsp3) is 0.667. The summed E-state index contributed by atoms with van der Waals surface area (Å²) in [6.45, 7) is 8.72. The van der Waals surface area contributed by atoms with Crippen molar-refractivity contribution >= 4 is 0 Å². The summed E-state index contributed by atoms with van der Waals surface area (Å²) in [6.07, 6.45) is 0.685. The second kappa shape index (κ2) is 10.5. The number of aliphatic hydroxyl groups is 1. The van der Waals surface area contributed by atoms with Crippen LogP contribution >= 0.6 is 0 Å². The van der Waals surface area contributed by atoms with Crippen LogP contribution in [-0.2, 0) is 11.3 Å². The van der Waals surface area contributed by atoms with Crippen LogP contribution in [-0.4, -0.2) is 56.1 Å². The standard InChI is InChI=1S/C18H31NO4/c1-6-9-19(12-16(20)13-23-14(2)3)11-15-7-8-17(21-4)18(10-15)22-5/h7-8,10,14,16,20H,6,9,11-13H2,1-5H3. The number of ether oxygens (including phenoxy) is 3. The summed E-state index contributed by atoms with van der Waals surface area (Å²) in [5.74, 6) is 1.45. The van der Waals surface area contributed by atoms with Crippen LogP contribution in [0.3, 0.4) is 0 Å². The number of methoxy groups -OCH3 is 2. The lowest BCUT2D eigenvalue weighted by molar-refractivity contribution is -0.00950. The Hall–Kier alpha value is -1.30. The number of hydrogen-bond acceptors (Lipinski definition) is 5. The molecule has 5 heteroatoms. The Morgan fingerprint density at radius 3 is 2.39 bits per heavy atom. The van der Waals surface area contributed by atoms with Crippen molar-refractivity contribution in [2.24, 2.45) is 0 Å². The number of nitrogens with zero attached hydrogens (tertiary/aromatic N) is 1. The third-order valence-electron chi connectivity index (χ3n) is 3.48. The predicted octanol–water partition coefficient (Wildman–Crippen LogP) is 2.70. The van der Waals surface area contributed by atoms with E-state index in [2.05, 4.69) is 11.8 Å². The molecule has 0 amide bonds. The average Bonchev–Trinajstić information content (AvgIpc) is 2.53. The van der Waals surface area contributed by atoms with E-state index in [-0.39, 0.29) is 6.10 Å². The predicted molar refractivity (Wildman–Crippen MR) is 92.2 cm³/mol. The first kappa shape index (κ1) is 19.7. The summed E-state index contributed by atoms with van der Waals surface area (Å²) in [6, 6.07) is 5.93. The third-order valence-corrected chi connectivity index (χ3v) is 3.48. The molecule has 0 aliphatic carbocycles. The number of rotatable bonds is 11. The highest BCUT2D eigenvalue weighted by molar-refractivity contribution is 5.42. The Balaban J connectivity index is 2.67. The van der Waals surface area contributed by atoms with Crippen LogP contribution in [0.25, 0.3) is 0 Å². The summed E-state index contributed by atoms with van der Waals surface area (Å²) >= 11 is 0. The van der Waals surface area contributed by atoms with Gasteiger partial charge in [0.1, 0.15) is 0 Å². The summed E-state index contributed by atoms with van der Waals surface area (Å²) in [5, 5.41) is 10.1. The first-order valence-electron chi connectivity index (χ1n) is 8.23. The largest absolute Gasteiger partial charge is 0.493 e. The summed E-state index contributed by atoms with van der Waals surface area (Å²) in [4.78, 5) is 2.23. The van der Waals surface area contributed by atoms with Gasteiger partial charge in [0.05, 0.1) is 33.0 Å². The molecule has 23 heavy (non-hydrogen) atoms. The minimum absolute atomic E-state index is 0.134. The van der Waals surface area contributed by atoms with Crippen LogP contribution in [0.4, 0.5) is 0 Å². The van der Waals surface area contributed by atoms with Gasteiger partial charge in [-0.2, -0.15) is 0 Å². The van der Waals surface area contributed by atoms with E-state index in [1.165, 1.54) is 0 Å². The van der Waals surface area contributed by atoms with Gasteiger partial charge >= 0.3 is 0 Å². The van der Waals surface area contributed by atoms with E-state index in [0.717, 1.165) is 36.6 Å². The topological polar surface area (TPSA) is 51.2 Å². The van der Waals surface area contributed by atoms with Gasteiger partial charge in [-0.05, 0) is 44.5 Å². The monoisotopic (exact) mass is 325 g/mol. The molecule has 0 fully saturated rings. The Labute approximate surface area is 140 Å².